The lowest BCUT2D eigenvalue weighted by Crippen LogP contribution is -2.00. The Labute approximate surface area is 341 Å². The van der Waals surface area contributed by atoms with E-state index in [-0.39, 0.29) is 93.1 Å². The molecule has 0 fully saturated rings. The van der Waals surface area contributed by atoms with Gasteiger partial charge in [0.25, 0.3) is 0 Å². The summed E-state index contributed by atoms with van der Waals surface area (Å²) in [7, 11) is 0. The average Bonchev–Trinajstić information content (AvgIpc) is 3.90. The van der Waals surface area contributed by atoms with Gasteiger partial charge in [-0.2, -0.15) is 0 Å². The van der Waals surface area contributed by atoms with Gasteiger partial charge in [-0.25, -0.2) is 15.0 Å². The van der Waals surface area contributed by atoms with Gasteiger partial charge in [-0.15, -0.1) is 11.3 Å². The molecule has 5 heteroatoms. The zero-order chi connectivity index (χ0) is 45.7. The maximum atomic E-state index is 9.83. The summed E-state index contributed by atoms with van der Waals surface area (Å²) in [6.07, 6.45) is 0. The van der Waals surface area contributed by atoms with Crippen molar-refractivity contribution in [3.8, 4) is 62.1 Å². The third kappa shape index (κ3) is 5.40. The first kappa shape index (κ1) is 23.5. The van der Waals surface area contributed by atoms with Crippen molar-refractivity contribution in [2.45, 2.75) is 0 Å². The molecular weight excluding hydrogens is 701 g/mol. The Morgan fingerprint density at radius 3 is 1.73 bits per heavy atom. The molecule has 8 aromatic carbocycles. The molecule has 11 rings (SSSR count). The molecule has 0 radical (unpaired) electrons. The predicted molar refractivity (Wildman–Crippen MR) is 234 cm³/mol. The van der Waals surface area contributed by atoms with E-state index in [1.165, 1.54) is 12.1 Å². The zero-order valence-electron chi connectivity index (χ0n) is 39.4. The number of hydrogen-bond donors (Lipinski definition) is 0. The van der Waals surface area contributed by atoms with Crippen LogP contribution < -0.4 is 0 Å². The largest absolute Gasteiger partial charge is 0.309 e. The number of benzene rings is 8. The molecule has 262 valence electrons. The summed E-state index contributed by atoms with van der Waals surface area (Å²) < 4.78 is 94.8. The van der Waals surface area contributed by atoms with Crippen LogP contribution in [0.15, 0.2) is 194 Å². The van der Waals surface area contributed by atoms with Gasteiger partial charge in [0.2, 0.25) is 0 Å². The summed E-state index contributed by atoms with van der Waals surface area (Å²) in [4.78, 5) is 14.4. The van der Waals surface area contributed by atoms with Crippen LogP contribution in [0.5, 0.6) is 0 Å². The molecule has 4 nitrogen and oxygen atoms in total. The Hall–Kier alpha value is -7.21. The lowest BCUT2D eigenvalue weighted by molar-refractivity contribution is 1.07. The lowest BCUT2D eigenvalue weighted by atomic mass is 9.95. The smallest absolute Gasteiger partial charge is 0.164 e. The van der Waals surface area contributed by atoms with E-state index in [0.29, 0.717) is 39.6 Å². The molecule has 0 saturated carbocycles. The van der Waals surface area contributed by atoms with Crippen LogP contribution in [0.4, 0.5) is 0 Å². The van der Waals surface area contributed by atoms with Crippen molar-refractivity contribution in [1.29, 1.82) is 0 Å². The van der Waals surface area contributed by atoms with E-state index in [9.17, 15) is 6.85 Å². The average molecular weight is 743 g/mol. The number of hydrogen-bond acceptors (Lipinski definition) is 4. The third-order valence-electron chi connectivity index (χ3n) is 9.90. The van der Waals surface area contributed by atoms with Crippen LogP contribution in [0.25, 0.3) is 104 Å². The Morgan fingerprint density at radius 1 is 0.429 bits per heavy atom. The van der Waals surface area contributed by atoms with Gasteiger partial charge in [0.05, 0.1) is 30.4 Å². The van der Waals surface area contributed by atoms with Crippen LogP contribution in [0.3, 0.4) is 0 Å². The molecule has 56 heavy (non-hydrogen) atoms. The molecule has 3 aromatic heterocycles. The van der Waals surface area contributed by atoms with E-state index in [0.717, 1.165) is 25.7 Å². The van der Waals surface area contributed by atoms with Crippen LogP contribution in [0.2, 0.25) is 0 Å². The van der Waals surface area contributed by atoms with Crippen molar-refractivity contribution in [3.05, 3.63) is 194 Å². The van der Waals surface area contributed by atoms with Crippen LogP contribution in [-0.2, 0) is 0 Å². The topological polar surface area (TPSA) is 43.6 Å². The van der Waals surface area contributed by atoms with Crippen molar-refractivity contribution in [2.24, 2.45) is 0 Å². The molecule has 0 unspecified atom stereocenters. The standard InChI is InChI=1S/C51H32N4S/c1-3-15-33(16-4-1)49-52-50(34-17-5-2-6-18-34)54-51(53-49)37-20-13-19-35(31-37)36-29-30-46(55-44-26-10-7-21-38(44)39-22-8-11-27-45(39)55)43(32-36)42-25-14-24-41-40-23-9-12-28-47(40)56-48(41)42/h1-32H/i7D,8D,13D,19D,20D,21D,22D,26D,27D,31D. The van der Waals surface area contributed by atoms with Crippen LogP contribution >= 0.6 is 11.3 Å². The van der Waals surface area contributed by atoms with E-state index in [4.69, 9.17) is 21.8 Å². The van der Waals surface area contributed by atoms with Gasteiger partial charge in [0.1, 0.15) is 0 Å². The molecule has 0 bridgehead atoms. The van der Waals surface area contributed by atoms with Crippen LogP contribution in [0, 0.1) is 0 Å². The van der Waals surface area contributed by atoms with Crippen molar-refractivity contribution in [1.82, 2.24) is 19.5 Å². The molecule has 0 saturated heterocycles. The summed E-state index contributed by atoms with van der Waals surface area (Å²) in [5.74, 6) is 0.607. The van der Waals surface area contributed by atoms with Gasteiger partial charge < -0.3 is 4.57 Å². The highest BCUT2D eigenvalue weighted by atomic mass is 32.1. The van der Waals surface area contributed by atoms with Crippen LogP contribution in [-0.4, -0.2) is 19.5 Å². The Bertz CT molecular complexity index is 3710. The minimum absolute atomic E-state index is 0.00417. The van der Waals surface area contributed by atoms with Crippen molar-refractivity contribution < 1.29 is 13.7 Å². The van der Waals surface area contributed by atoms with Crippen molar-refractivity contribution in [3.63, 3.8) is 0 Å². The fraction of sp³-hybridized carbons (Fsp3) is 0. The van der Waals surface area contributed by atoms with E-state index < -0.39 is 6.04 Å². The number of aromatic nitrogens is 4. The van der Waals surface area contributed by atoms with Gasteiger partial charge in [-0.1, -0.05) is 158 Å². The number of thiophene rings is 1. The summed E-state index contributed by atoms with van der Waals surface area (Å²) in [5.41, 5.74) is 3.82. The van der Waals surface area contributed by atoms with E-state index in [1.54, 1.807) is 34.1 Å². The van der Waals surface area contributed by atoms with Gasteiger partial charge in [0, 0.05) is 58.8 Å². The molecule has 0 spiro atoms. The minimum Gasteiger partial charge on any atom is -0.309 e. The number of para-hydroxylation sites is 2. The monoisotopic (exact) mass is 742 g/mol. The Balaban J connectivity index is 1.23. The first-order chi connectivity index (χ1) is 31.9. The molecule has 0 aliphatic carbocycles. The molecule has 3 heterocycles. The van der Waals surface area contributed by atoms with E-state index >= 15 is 0 Å². The van der Waals surface area contributed by atoms with Gasteiger partial charge in [0.15, 0.2) is 17.5 Å². The lowest BCUT2D eigenvalue weighted by Gasteiger charge is -2.17. The quantitative estimate of drug-likeness (QED) is 0.170. The molecule has 0 aliphatic rings. The first-order valence-corrected chi connectivity index (χ1v) is 18.8. The molecule has 0 aliphatic heterocycles. The molecule has 0 N–H and O–H groups in total. The summed E-state index contributed by atoms with van der Waals surface area (Å²) >= 11 is 1.58. The van der Waals surface area contributed by atoms with Crippen LogP contribution in [0.1, 0.15) is 13.7 Å². The SMILES string of the molecule is [2H]c1cc([2H])c2c(c1[2H])c1c([2H])c([2H])cc([2H])c1n2-c1ccc(-c2c([2H])c([2H])c([2H])c(-c3nc(-c4ccccc4)nc(-c4ccccc4)n3)c2[2H])cc1-c1cccc2c1sc1ccccc12. The van der Waals surface area contributed by atoms with Crippen molar-refractivity contribution in [2.75, 3.05) is 0 Å². The summed E-state index contributed by atoms with van der Waals surface area (Å²) in [5, 5.41) is 2.24. The molecule has 0 atom stereocenters. The second-order valence-electron chi connectivity index (χ2n) is 13.2. The predicted octanol–water partition coefficient (Wildman–Crippen LogP) is 13.7. The zero-order valence-corrected chi connectivity index (χ0v) is 30.2. The summed E-state index contributed by atoms with van der Waals surface area (Å²) in [6.45, 7) is 0. The molecule has 11 aromatic rings. The van der Waals surface area contributed by atoms with Gasteiger partial charge >= 0.3 is 0 Å². The van der Waals surface area contributed by atoms with E-state index in [2.05, 4.69) is 6.07 Å². The van der Waals surface area contributed by atoms with Gasteiger partial charge in [-0.05, 0) is 47.5 Å². The molecular formula is C51H32N4S. The minimum atomic E-state index is -0.431. The maximum absolute atomic E-state index is 9.83. The second kappa shape index (κ2) is 13.3. The number of fused-ring (bicyclic) bond motifs is 6. The Morgan fingerprint density at radius 2 is 1.04 bits per heavy atom. The van der Waals surface area contributed by atoms with E-state index in [1.807, 2.05) is 97.1 Å². The maximum Gasteiger partial charge on any atom is 0.164 e. The number of rotatable bonds is 6. The fourth-order valence-corrected chi connectivity index (χ4v) is 8.57. The highest BCUT2D eigenvalue weighted by Crippen LogP contribution is 2.44. The van der Waals surface area contributed by atoms with Gasteiger partial charge in [-0.3, -0.25) is 0 Å². The molecule has 0 amide bonds. The fourth-order valence-electron chi connectivity index (χ4n) is 7.34. The summed E-state index contributed by atoms with van der Waals surface area (Å²) in [6, 6.07) is 37.7. The third-order valence-corrected chi connectivity index (χ3v) is 11.1. The first-order valence-electron chi connectivity index (χ1n) is 23.0. The van der Waals surface area contributed by atoms with Crippen molar-refractivity contribution >= 4 is 53.3 Å². The number of nitrogens with zero attached hydrogens (tertiary/aromatic N) is 4. The normalized spacial score (nSPS) is 14.1. The Kier molecular flexibility index (Phi) is 5.58. The highest BCUT2D eigenvalue weighted by Gasteiger charge is 2.20. The highest BCUT2D eigenvalue weighted by molar-refractivity contribution is 7.26. The second-order valence-corrected chi connectivity index (χ2v) is 14.3.